The van der Waals surface area contributed by atoms with Gasteiger partial charge < -0.3 is 5.73 Å². The van der Waals surface area contributed by atoms with Crippen LogP contribution in [-0.4, -0.2) is 32.4 Å². The second kappa shape index (κ2) is 8.83. The van der Waals surface area contributed by atoms with Gasteiger partial charge in [-0.25, -0.2) is 9.78 Å². The number of nitrogens with one attached hydrogen (secondary N) is 1. The highest BCUT2D eigenvalue weighted by Gasteiger charge is 2.20. The van der Waals surface area contributed by atoms with Crippen molar-refractivity contribution in [1.82, 2.24) is 20.5 Å². The predicted octanol–water partition coefficient (Wildman–Crippen LogP) is 3.50. The Bertz CT molecular complexity index is 1040. The molecule has 0 fully saturated rings. The highest BCUT2D eigenvalue weighted by molar-refractivity contribution is 8.00. The number of carbonyl (C=O) groups is 2. The van der Waals surface area contributed by atoms with Crippen LogP contribution in [0.3, 0.4) is 0 Å². The molecule has 3 amide bonds. The maximum absolute atomic E-state index is 12.0. The summed E-state index contributed by atoms with van der Waals surface area (Å²) in [6.45, 7) is 5.68. The average Bonchev–Trinajstić information content (AvgIpc) is 2.69. The fourth-order valence-corrected chi connectivity index (χ4v) is 3.33. The Morgan fingerprint density at radius 3 is 1.93 bits per heavy atom. The zero-order valence-electron chi connectivity index (χ0n) is 16.3. The van der Waals surface area contributed by atoms with Gasteiger partial charge in [0.05, 0.1) is 5.25 Å². The zero-order valence-corrected chi connectivity index (χ0v) is 17.2. The standard InChI is InChI=1S/C21H21N5O2S/c1-12-4-8-15(9-5-12)17-18(16-10-6-13(2)7-11-16)25-26-21(23-17)29-14(3)19(27)24-20(22)28/h4-11,14H,1-3H3,(H3,22,24,27,28). The summed E-state index contributed by atoms with van der Waals surface area (Å²) in [4.78, 5) is 27.5. The van der Waals surface area contributed by atoms with Crippen LogP contribution in [0, 0.1) is 13.8 Å². The number of imide groups is 1. The van der Waals surface area contributed by atoms with Crippen LogP contribution in [0.25, 0.3) is 22.5 Å². The molecule has 148 valence electrons. The first-order valence-corrected chi connectivity index (χ1v) is 9.87. The maximum Gasteiger partial charge on any atom is 0.318 e. The van der Waals surface area contributed by atoms with Crippen molar-refractivity contribution in [1.29, 1.82) is 0 Å². The Morgan fingerprint density at radius 1 is 0.897 bits per heavy atom. The number of nitrogens with two attached hydrogens (primary N) is 1. The normalized spacial score (nSPS) is 11.7. The number of carbonyl (C=O) groups excluding carboxylic acids is 2. The molecule has 1 atom stereocenters. The van der Waals surface area contributed by atoms with Gasteiger partial charge in [0.15, 0.2) is 0 Å². The number of aromatic nitrogens is 3. The van der Waals surface area contributed by atoms with Crippen molar-refractivity contribution in [3.05, 3.63) is 59.7 Å². The lowest BCUT2D eigenvalue weighted by molar-refractivity contribution is -0.119. The van der Waals surface area contributed by atoms with E-state index in [1.807, 2.05) is 62.4 Å². The van der Waals surface area contributed by atoms with E-state index < -0.39 is 17.2 Å². The van der Waals surface area contributed by atoms with Crippen molar-refractivity contribution in [2.45, 2.75) is 31.2 Å². The quantitative estimate of drug-likeness (QED) is 0.626. The number of aryl methyl sites for hydroxylation is 2. The van der Waals surface area contributed by atoms with Gasteiger partial charge in [0.2, 0.25) is 11.1 Å². The van der Waals surface area contributed by atoms with Gasteiger partial charge >= 0.3 is 6.03 Å². The molecule has 0 aliphatic heterocycles. The summed E-state index contributed by atoms with van der Waals surface area (Å²) in [6.07, 6.45) is 0. The number of hydrogen-bond donors (Lipinski definition) is 2. The molecule has 0 radical (unpaired) electrons. The molecular weight excluding hydrogens is 386 g/mol. The lowest BCUT2D eigenvalue weighted by Crippen LogP contribution is -2.39. The number of nitrogens with zero attached hydrogens (tertiary/aromatic N) is 3. The fraction of sp³-hybridized carbons (Fsp3) is 0.190. The van der Waals surface area contributed by atoms with Gasteiger partial charge in [-0.15, -0.1) is 10.2 Å². The molecule has 0 saturated heterocycles. The third-order valence-electron chi connectivity index (χ3n) is 4.22. The first-order chi connectivity index (χ1) is 13.8. The van der Waals surface area contributed by atoms with Gasteiger partial charge in [-0.3, -0.25) is 10.1 Å². The van der Waals surface area contributed by atoms with E-state index >= 15 is 0 Å². The minimum absolute atomic E-state index is 0.337. The Morgan fingerprint density at radius 2 is 1.41 bits per heavy atom. The van der Waals surface area contributed by atoms with Crippen LogP contribution in [0.15, 0.2) is 53.7 Å². The summed E-state index contributed by atoms with van der Waals surface area (Å²) in [5.74, 6) is -0.509. The van der Waals surface area contributed by atoms with Gasteiger partial charge in [0, 0.05) is 11.1 Å². The molecule has 2 aromatic carbocycles. The van der Waals surface area contributed by atoms with E-state index in [1.54, 1.807) is 6.92 Å². The van der Waals surface area contributed by atoms with E-state index in [4.69, 9.17) is 5.73 Å². The maximum atomic E-state index is 12.0. The van der Waals surface area contributed by atoms with Crippen molar-refractivity contribution >= 4 is 23.7 Å². The minimum Gasteiger partial charge on any atom is -0.351 e. The molecule has 0 spiro atoms. The number of benzene rings is 2. The molecule has 1 heterocycles. The summed E-state index contributed by atoms with van der Waals surface area (Å²) in [5.41, 5.74) is 10.4. The van der Waals surface area contributed by atoms with Gasteiger partial charge in [-0.2, -0.15) is 0 Å². The summed E-state index contributed by atoms with van der Waals surface area (Å²) < 4.78 is 0. The Balaban J connectivity index is 2.00. The molecule has 3 rings (SSSR count). The molecule has 1 unspecified atom stereocenters. The van der Waals surface area contributed by atoms with Gasteiger partial charge in [0.25, 0.3) is 0 Å². The molecule has 3 aromatic rings. The summed E-state index contributed by atoms with van der Waals surface area (Å²) in [7, 11) is 0. The number of hydrogen-bond acceptors (Lipinski definition) is 6. The highest BCUT2D eigenvalue weighted by atomic mass is 32.2. The zero-order chi connectivity index (χ0) is 21.0. The molecule has 3 N–H and O–H groups in total. The van der Waals surface area contributed by atoms with Crippen molar-refractivity contribution in [2.75, 3.05) is 0 Å². The van der Waals surface area contributed by atoms with Crippen LogP contribution in [0.2, 0.25) is 0 Å². The van der Waals surface area contributed by atoms with E-state index in [9.17, 15) is 9.59 Å². The summed E-state index contributed by atoms with van der Waals surface area (Å²) in [6, 6.07) is 15.1. The van der Waals surface area contributed by atoms with Crippen LogP contribution in [0.1, 0.15) is 18.1 Å². The lowest BCUT2D eigenvalue weighted by atomic mass is 10.0. The van der Waals surface area contributed by atoms with Crippen LogP contribution in [0.4, 0.5) is 4.79 Å². The predicted molar refractivity (Wildman–Crippen MR) is 113 cm³/mol. The molecule has 0 bridgehead atoms. The first kappa shape index (κ1) is 20.5. The van der Waals surface area contributed by atoms with Crippen LogP contribution >= 0.6 is 11.8 Å². The molecule has 8 heteroatoms. The smallest absolute Gasteiger partial charge is 0.318 e. The Labute approximate surface area is 173 Å². The second-order valence-electron chi connectivity index (χ2n) is 6.64. The molecule has 7 nitrogen and oxygen atoms in total. The van der Waals surface area contributed by atoms with Crippen LogP contribution in [0.5, 0.6) is 0 Å². The van der Waals surface area contributed by atoms with E-state index in [-0.39, 0.29) is 0 Å². The second-order valence-corrected chi connectivity index (χ2v) is 7.95. The fourth-order valence-electron chi connectivity index (χ4n) is 2.61. The first-order valence-electron chi connectivity index (χ1n) is 8.99. The molecule has 0 aliphatic carbocycles. The van der Waals surface area contributed by atoms with Crippen LogP contribution in [-0.2, 0) is 4.79 Å². The minimum atomic E-state index is -0.892. The van der Waals surface area contributed by atoms with Crippen molar-refractivity contribution in [2.24, 2.45) is 5.73 Å². The third kappa shape index (κ3) is 5.17. The Hall–Kier alpha value is -3.26. The average molecular weight is 407 g/mol. The summed E-state index contributed by atoms with van der Waals surface area (Å²) >= 11 is 1.11. The monoisotopic (exact) mass is 407 g/mol. The number of primary amides is 1. The van der Waals surface area contributed by atoms with Crippen LogP contribution < -0.4 is 11.1 Å². The molecule has 0 saturated carbocycles. The number of amides is 3. The van der Waals surface area contributed by atoms with E-state index in [1.165, 1.54) is 0 Å². The number of urea groups is 1. The number of thioether (sulfide) groups is 1. The van der Waals surface area contributed by atoms with E-state index in [0.717, 1.165) is 34.0 Å². The molecule has 0 aliphatic rings. The van der Waals surface area contributed by atoms with Gasteiger partial charge in [-0.05, 0) is 20.8 Å². The van der Waals surface area contributed by atoms with Crippen molar-refractivity contribution in [3.63, 3.8) is 0 Å². The lowest BCUT2D eigenvalue weighted by Gasteiger charge is -2.12. The Kier molecular flexibility index (Phi) is 6.23. The van der Waals surface area contributed by atoms with E-state index in [0.29, 0.717) is 16.5 Å². The van der Waals surface area contributed by atoms with Gasteiger partial charge in [-0.1, -0.05) is 71.4 Å². The van der Waals surface area contributed by atoms with Crippen molar-refractivity contribution in [3.8, 4) is 22.5 Å². The van der Waals surface area contributed by atoms with Gasteiger partial charge in [0.1, 0.15) is 11.4 Å². The topological polar surface area (TPSA) is 111 Å². The molecule has 29 heavy (non-hydrogen) atoms. The molecular formula is C21H21N5O2S. The summed E-state index contributed by atoms with van der Waals surface area (Å²) in [5, 5.41) is 10.4. The largest absolute Gasteiger partial charge is 0.351 e. The number of rotatable bonds is 5. The van der Waals surface area contributed by atoms with E-state index in [2.05, 4.69) is 20.5 Å². The molecule has 1 aromatic heterocycles. The highest BCUT2D eigenvalue weighted by Crippen LogP contribution is 2.31. The van der Waals surface area contributed by atoms with Crippen molar-refractivity contribution < 1.29 is 9.59 Å². The third-order valence-corrected chi connectivity index (χ3v) is 5.17. The SMILES string of the molecule is Cc1ccc(-c2nnc(SC(C)C(=O)NC(N)=O)nc2-c2ccc(C)cc2)cc1.